The van der Waals surface area contributed by atoms with E-state index >= 15 is 0 Å². The first-order valence-corrected chi connectivity index (χ1v) is 5.56. The Kier molecular flexibility index (Phi) is 3.14. The van der Waals surface area contributed by atoms with E-state index in [0.29, 0.717) is 6.54 Å². The van der Waals surface area contributed by atoms with Crippen LogP contribution in [0.5, 0.6) is 11.5 Å². The maximum absolute atomic E-state index is 5.99. The predicted molar refractivity (Wildman–Crippen MR) is 60.9 cm³/mol. The molecule has 15 heavy (non-hydrogen) atoms. The van der Waals surface area contributed by atoms with E-state index in [1.807, 2.05) is 12.1 Å². The molecule has 1 aliphatic heterocycles. The Morgan fingerprint density at radius 3 is 2.67 bits per heavy atom. The van der Waals surface area contributed by atoms with E-state index in [0.717, 1.165) is 28.0 Å². The number of nitrogens with two attached hydrogens (primary N) is 2. The van der Waals surface area contributed by atoms with Crippen LogP contribution in [-0.2, 0) is 0 Å². The molecule has 1 aliphatic rings. The van der Waals surface area contributed by atoms with Crippen molar-refractivity contribution in [2.24, 2.45) is 11.5 Å². The van der Waals surface area contributed by atoms with Gasteiger partial charge in [-0.25, -0.2) is 0 Å². The van der Waals surface area contributed by atoms with Crippen LogP contribution >= 0.6 is 15.9 Å². The third-order valence-electron chi connectivity index (χ3n) is 2.37. The average Bonchev–Trinajstić information content (AvgIpc) is 2.63. The van der Waals surface area contributed by atoms with Gasteiger partial charge in [0.15, 0.2) is 11.5 Å². The second kappa shape index (κ2) is 4.38. The molecule has 4 N–H and O–H groups in total. The zero-order valence-electron chi connectivity index (χ0n) is 8.20. The summed E-state index contributed by atoms with van der Waals surface area (Å²) < 4.78 is 11.5. The summed E-state index contributed by atoms with van der Waals surface area (Å²) in [6, 6.07) is 3.72. The normalized spacial score (nSPS) is 15.4. The van der Waals surface area contributed by atoms with Crippen LogP contribution < -0.4 is 20.9 Å². The van der Waals surface area contributed by atoms with E-state index < -0.39 is 0 Å². The van der Waals surface area contributed by atoms with Gasteiger partial charge in [-0.1, -0.05) is 15.9 Å². The summed E-state index contributed by atoms with van der Waals surface area (Å²) in [7, 11) is 0. The molecule has 0 amide bonds. The van der Waals surface area contributed by atoms with Crippen LogP contribution in [0.2, 0.25) is 0 Å². The highest BCUT2D eigenvalue weighted by atomic mass is 79.9. The van der Waals surface area contributed by atoms with Gasteiger partial charge in [0, 0.05) is 10.5 Å². The lowest BCUT2D eigenvalue weighted by Gasteiger charge is -2.13. The highest BCUT2D eigenvalue weighted by Gasteiger charge is 2.18. The van der Waals surface area contributed by atoms with E-state index in [9.17, 15) is 0 Å². The molecule has 0 saturated carbocycles. The van der Waals surface area contributed by atoms with Crippen molar-refractivity contribution in [2.45, 2.75) is 12.5 Å². The highest BCUT2D eigenvalue weighted by molar-refractivity contribution is 9.10. The van der Waals surface area contributed by atoms with E-state index in [1.165, 1.54) is 0 Å². The van der Waals surface area contributed by atoms with E-state index in [-0.39, 0.29) is 12.8 Å². The average molecular weight is 273 g/mol. The maximum Gasteiger partial charge on any atom is 0.231 e. The molecule has 0 saturated heterocycles. The number of hydrogen-bond acceptors (Lipinski definition) is 4. The molecule has 0 unspecified atom stereocenters. The predicted octanol–water partition coefficient (Wildman–Crippen LogP) is 1.53. The van der Waals surface area contributed by atoms with Crippen LogP contribution in [0, 0.1) is 0 Å². The van der Waals surface area contributed by atoms with Gasteiger partial charge in [-0.05, 0) is 30.7 Å². The fourth-order valence-corrected chi connectivity index (χ4v) is 2.17. The van der Waals surface area contributed by atoms with Crippen molar-refractivity contribution in [1.82, 2.24) is 0 Å². The molecule has 5 heteroatoms. The summed E-state index contributed by atoms with van der Waals surface area (Å²) in [5.41, 5.74) is 12.5. The molecule has 0 aromatic heterocycles. The van der Waals surface area contributed by atoms with Gasteiger partial charge in [-0.3, -0.25) is 0 Å². The standard InChI is InChI=1S/C10H13BrN2O2/c11-7-4-10-9(14-5-15-10)3-6(7)8(13)1-2-12/h3-4,8H,1-2,5,12-13H2/t8-/m1/s1. The van der Waals surface area contributed by atoms with Gasteiger partial charge in [-0.15, -0.1) is 0 Å². The number of fused-ring (bicyclic) bond motifs is 1. The van der Waals surface area contributed by atoms with Gasteiger partial charge in [-0.2, -0.15) is 0 Å². The Morgan fingerprint density at radius 2 is 2.00 bits per heavy atom. The summed E-state index contributed by atoms with van der Waals surface area (Å²) in [4.78, 5) is 0. The lowest BCUT2D eigenvalue weighted by atomic mass is 10.0. The zero-order chi connectivity index (χ0) is 10.8. The van der Waals surface area contributed by atoms with Crippen molar-refractivity contribution in [3.8, 4) is 11.5 Å². The number of rotatable bonds is 3. The van der Waals surface area contributed by atoms with Crippen LogP contribution in [0.15, 0.2) is 16.6 Å². The van der Waals surface area contributed by atoms with Crippen molar-refractivity contribution >= 4 is 15.9 Å². The Labute approximate surface area is 96.7 Å². The minimum atomic E-state index is -0.0705. The molecule has 4 nitrogen and oxygen atoms in total. The minimum Gasteiger partial charge on any atom is -0.454 e. The largest absolute Gasteiger partial charge is 0.454 e. The molecule has 0 spiro atoms. The molecular formula is C10H13BrN2O2. The Morgan fingerprint density at radius 1 is 1.33 bits per heavy atom. The molecule has 82 valence electrons. The molecule has 2 rings (SSSR count). The van der Waals surface area contributed by atoms with Gasteiger partial charge in [0.25, 0.3) is 0 Å². The van der Waals surface area contributed by atoms with Gasteiger partial charge in [0.2, 0.25) is 6.79 Å². The first-order chi connectivity index (χ1) is 7.22. The second-order valence-corrected chi connectivity index (χ2v) is 4.27. The lowest BCUT2D eigenvalue weighted by Crippen LogP contribution is -2.15. The summed E-state index contributed by atoms with van der Waals surface area (Å²) in [5.74, 6) is 1.51. The zero-order valence-corrected chi connectivity index (χ0v) is 9.79. The monoisotopic (exact) mass is 272 g/mol. The SMILES string of the molecule is NCC[C@@H](N)c1cc2c(cc1Br)OCO2. The van der Waals surface area contributed by atoms with Crippen molar-refractivity contribution in [1.29, 1.82) is 0 Å². The molecule has 1 heterocycles. The Bertz CT molecular complexity index is 371. The number of halogens is 1. The van der Waals surface area contributed by atoms with Gasteiger partial charge in [0.05, 0.1) is 0 Å². The smallest absolute Gasteiger partial charge is 0.231 e. The van der Waals surface area contributed by atoms with Crippen LogP contribution in [0.3, 0.4) is 0 Å². The van der Waals surface area contributed by atoms with Gasteiger partial charge < -0.3 is 20.9 Å². The second-order valence-electron chi connectivity index (χ2n) is 3.41. The van der Waals surface area contributed by atoms with Gasteiger partial charge in [0.1, 0.15) is 0 Å². The fraction of sp³-hybridized carbons (Fsp3) is 0.400. The first kappa shape index (κ1) is 10.7. The number of ether oxygens (including phenoxy) is 2. The molecule has 1 aromatic carbocycles. The van der Waals surface area contributed by atoms with Crippen LogP contribution in [0.25, 0.3) is 0 Å². The Hall–Kier alpha value is -0.780. The molecule has 0 aliphatic carbocycles. The molecule has 0 radical (unpaired) electrons. The third kappa shape index (κ3) is 2.09. The maximum atomic E-state index is 5.99. The highest BCUT2D eigenvalue weighted by Crippen LogP contribution is 2.38. The summed E-state index contributed by atoms with van der Waals surface area (Å²) >= 11 is 3.46. The summed E-state index contributed by atoms with van der Waals surface area (Å²) in [6.07, 6.45) is 0.748. The van der Waals surface area contributed by atoms with Crippen molar-refractivity contribution in [2.75, 3.05) is 13.3 Å². The number of hydrogen-bond donors (Lipinski definition) is 2. The fourth-order valence-electron chi connectivity index (χ4n) is 1.55. The number of benzene rings is 1. The first-order valence-electron chi connectivity index (χ1n) is 4.77. The minimum absolute atomic E-state index is 0.0705. The van der Waals surface area contributed by atoms with E-state index in [2.05, 4.69) is 15.9 Å². The van der Waals surface area contributed by atoms with Gasteiger partial charge >= 0.3 is 0 Å². The molecule has 1 aromatic rings. The molecule has 1 atom stereocenters. The Balaban J connectivity index is 2.31. The lowest BCUT2D eigenvalue weighted by molar-refractivity contribution is 0.174. The molecular weight excluding hydrogens is 260 g/mol. The molecule has 0 bridgehead atoms. The summed E-state index contributed by atoms with van der Waals surface area (Å²) in [6.45, 7) is 0.847. The van der Waals surface area contributed by atoms with E-state index in [1.54, 1.807) is 0 Å². The van der Waals surface area contributed by atoms with E-state index in [4.69, 9.17) is 20.9 Å². The van der Waals surface area contributed by atoms with Crippen LogP contribution in [0.1, 0.15) is 18.0 Å². The van der Waals surface area contributed by atoms with Crippen molar-refractivity contribution in [3.05, 3.63) is 22.2 Å². The summed E-state index contributed by atoms with van der Waals surface area (Å²) in [5, 5.41) is 0. The quantitative estimate of drug-likeness (QED) is 0.876. The topological polar surface area (TPSA) is 70.5 Å². The van der Waals surface area contributed by atoms with Crippen molar-refractivity contribution < 1.29 is 9.47 Å². The third-order valence-corrected chi connectivity index (χ3v) is 3.06. The molecule has 0 fully saturated rings. The van der Waals surface area contributed by atoms with Crippen LogP contribution in [0.4, 0.5) is 0 Å². The van der Waals surface area contributed by atoms with Crippen molar-refractivity contribution in [3.63, 3.8) is 0 Å². The van der Waals surface area contributed by atoms with Crippen LogP contribution in [-0.4, -0.2) is 13.3 Å².